The molecule has 3 aromatic rings. The van der Waals surface area contributed by atoms with Gasteiger partial charge in [0.15, 0.2) is 11.5 Å². The van der Waals surface area contributed by atoms with Crippen LogP contribution >= 0.6 is 0 Å². The van der Waals surface area contributed by atoms with Crippen LogP contribution in [0.3, 0.4) is 0 Å². The third kappa shape index (κ3) is 3.90. The number of fused-ring (bicyclic) bond motifs is 1. The number of aromatic nitrogens is 4. The van der Waals surface area contributed by atoms with Gasteiger partial charge in [0, 0.05) is 19.5 Å². The molecule has 0 aliphatic heterocycles. The lowest BCUT2D eigenvalue weighted by Crippen LogP contribution is -2.27. The van der Waals surface area contributed by atoms with Crippen molar-refractivity contribution in [3.05, 3.63) is 53.6 Å². The molecule has 0 saturated carbocycles. The van der Waals surface area contributed by atoms with Gasteiger partial charge in [-0.1, -0.05) is 19.1 Å². The highest BCUT2D eigenvalue weighted by molar-refractivity contribution is 5.94. The van der Waals surface area contributed by atoms with Crippen LogP contribution in [0.25, 0.3) is 5.65 Å². The van der Waals surface area contributed by atoms with Crippen LogP contribution in [0.5, 0.6) is 0 Å². The number of anilines is 1. The van der Waals surface area contributed by atoms with E-state index in [9.17, 15) is 9.18 Å². The molecule has 0 unspecified atom stereocenters. The molecule has 2 N–H and O–H groups in total. The van der Waals surface area contributed by atoms with Crippen LogP contribution in [0, 0.1) is 5.82 Å². The third-order valence-corrected chi connectivity index (χ3v) is 3.64. The van der Waals surface area contributed by atoms with Crippen LogP contribution in [0.15, 0.2) is 36.4 Å². The Bertz CT molecular complexity index is 878. The first-order valence-electron chi connectivity index (χ1n) is 8.17. The molecule has 1 aromatic carbocycles. The second-order valence-electron chi connectivity index (χ2n) is 5.52. The van der Waals surface area contributed by atoms with Crippen LogP contribution in [0.1, 0.15) is 29.5 Å². The van der Waals surface area contributed by atoms with Crippen molar-refractivity contribution < 1.29 is 9.18 Å². The van der Waals surface area contributed by atoms with Crippen molar-refractivity contribution in [1.29, 1.82) is 0 Å². The molecular weight excluding hydrogens is 323 g/mol. The molecule has 0 saturated heterocycles. The van der Waals surface area contributed by atoms with Crippen molar-refractivity contribution in [3.63, 3.8) is 0 Å². The summed E-state index contributed by atoms with van der Waals surface area (Å²) >= 11 is 0. The number of hydrogen-bond acceptors (Lipinski definition) is 5. The van der Waals surface area contributed by atoms with Gasteiger partial charge in [-0.25, -0.2) is 4.39 Å². The van der Waals surface area contributed by atoms with Gasteiger partial charge in [0.2, 0.25) is 0 Å². The minimum atomic E-state index is -0.541. The number of amides is 1. The Kier molecular flexibility index (Phi) is 5.17. The highest BCUT2D eigenvalue weighted by Gasteiger charge is 2.12. The number of carbonyl (C=O) groups excluding carboxylic acids is 1. The first kappa shape index (κ1) is 16.8. The van der Waals surface area contributed by atoms with Gasteiger partial charge in [0.05, 0.1) is 5.56 Å². The molecule has 0 radical (unpaired) electrons. The second kappa shape index (κ2) is 7.69. The lowest BCUT2D eigenvalue weighted by Gasteiger charge is -2.06. The normalized spacial score (nSPS) is 10.8. The fourth-order valence-corrected chi connectivity index (χ4v) is 2.36. The van der Waals surface area contributed by atoms with Gasteiger partial charge in [-0.05, 0) is 30.7 Å². The number of nitrogens with one attached hydrogen (secondary N) is 2. The van der Waals surface area contributed by atoms with Crippen LogP contribution < -0.4 is 10.6 Å². The fourth-order valence-electron chi connectivity index (χ4n) is 2.36. The first-order chi connectivity index (χ1) is 12.2. The third-order valence-electron chi connectivity index (χ3n) is 3.64. The zero-order chi connectivity index (χ0) is 17.6. The van der Waals surface area contributed by atoms with E-state index in [0.717, 1.165) is 18.8 Å². The lowest BCUT2D eigenvalue weighted by atomic mass is 10.2. The Balaban J connectivity index is 1.65. The molecule has 0 atom stereocenters. The van der Waals surface area contributed by atoms with Gasteiger partial charge in [0.25, 0.3) is 5.91 Å². The van der Waals surface area contributed by atoms with Crippen molar-refractivity contribution in [3.8, 4) is 0 Å². The molecule has 3 rings (SSSR count). The minimum absolute atomic E-state index is 0.0257. The Labute approximate surface area is 144 Å². The van der Waals surface area contributed by atoms with E-state index in [2.05, 4.69) is 32.9 Å². The molecule has 8 heteroatoms. The molecule has 25 heavy (non-hydrogen) atoms. The largest absolute Gasteiger partial charge is 0.369 e. The average Bonchev–Trinajstić information content (AvgIpc) is 3.02. The van der Waals surface area contributed by atoms with Crippen molar-refractivity contribution in [2.45, 2.75) is 19.8 Å². The van der Waals surface area contributed by atoms with Crippen LogP contribution in [0.4, 0.5) is 10.2 Å². The molecule has 7 nitrogen and oxygen atoms in total. The minimum Gasteiger partial charge on any atom is -0.369 e. The summed E-state index contributed by atoms with van der Waals surface area (Å²) in [7, 11) is 0. The molecular formula is C17H19FN6O. The summed E-state index contributed by atoms with van der Waals surface area (Å²) in [5.41, 5.74) is 0.662. The van der Waals surface area contributed by atoms with Gasteiger partial charge in [-0.2, -0.15) is 4.52 Å². The Hall–Kier alpha value is -3.03. The first-order valence-corrected chi connectivity index (χ1v) is 8.17. The molecule has 0 aliphatic carbocycles. The van der Waals surface area contributed by atoms with E-state index in [1.54, 1.807) is 16.6 Å². The van der Waals surface area contributed by atoms with Gasteiger partial charge in [-0.3, -0.25) is 4.79 Å². The highest BCUT2D eigenvalue weighted by atomic mass is 19.1. The topological polar surface area (TPSA) is 84.2 Å². The van der Waals surface area contributed by atoms with E-state index < -0.39 is 11.7 Å². The van der Waals surface area contributed by atoms with Gasteiger partial charge in [-0.15, -0.1) is 15.3 Å². The summed E-state index contributed by atoms with van der Waals surface area (Å²) in [5.74, 6) is 0.376. The molecule has 130 valence electrons. The summed E-state index contributed by atoms with van der Waals surface area (Å²) < 4.78 is 15.2. The molecule has 1 amide bonds. The molecule has 0 fully saturated rings. The number of halogens is 1. The van der Waals surface area contributed by atoms with Crippen LogP contribution in [-0.2, 0) is 6.42 Å². The summed E-state index contributed by atoms with van der Waals surface area (Å²) in [5, 5.41) is 18.5. The van der Waals surface area contributed by atoms with Gasteiger partial charge >= 0.3 is 0 Å². The lowest BCUT2D eigenvalue weighted by molar-refractivity contribution is 0.0950. The maximum Gasteiger partial charge on any atom is 0.254 e. The smallest absolute Gasteiger partial charge is 0.254 e. The summed E-state index contributed by atoms with van der Waals surface area (Å²) in [6.45, 7) is 3.21. The summed E-state index contributed by atoms with van der Waals surface area (Å²) in [6, 6.07) is 9.56. The van der Waals surface area contributed by atoms with E-state index in [-0.39, 0.29) is 5.56 Å². The van der Waals surface area contributed by atoms with E-state index in [1.165, 1.54) is 12.1 Å². The maximum absolute atomic E-state index is 13.6. The zero-order valence-corrected chi connectivity index (χ0v) is 13.9. The molecule has 0 bridgehead atoms. The van der Waals surface area contributed by atoms with Crippen LogP contribution in [-0.4, -0.2) is 38.8 Å². The molecule has 2 aromatic heterocycles. The SMILES string of the molecule is CCCNc1ccc2nnc(CCNC(=O)c3ccccc3F)n2n1. The number of carbonyl (C=O) groups is 1. The van der Waals surface area contributed by atoms with Crippen molar-refractivity contribution in [1.82, 2.24) is 25.1 Å². The van der Waals surface area contributed by atoms with E-state index in [0.29, 0.717) is 24.4 Å². The Morgan fingerprint density at radius 2 is 2.00 bits per heavy atom. The monoisotopic (exact) mass is 342 g/mol. The van der Waals surface area contributed by atoms with E-state index in [4.69, 9.17) is 0 Å². The standard InChI is InChI=1S/C17H19FN6O/c1-2-10-19-14-7-8-15-21-22-16(24(15)23-14)9-11-20-17(25)12-5-3-4-6-13(12)18/h3-8H,2,9-11H2,1H3,(H,19,23)(H,20,25). The van der Waals surface area contributed by atoms with E-state index >= 15 is 0 Å². The van der Waals surface area contributed by atoms with E-state index in [1.807, 2.05) is 12.1 Å². The summed E-state index contributed by atoms with van der Waals surface area (Å²) in [6.07, 6.45) is 1.43. The average molecular weight is 342 g/mol. The van der Waals surface area contributed by atoms with Crippen LogP contribution in [0.2, 0.25) is 0 Å². The predicted octanol–water partition coefficient (Wildman–Crippen LogP) is 2.06. The second-order valence-corrected chi connectivity index (χ2v) is 5.52. The summed E-state index contributed by atoms with van der Waals surface area (Å²) in [4.78, 5) is 12.0. The number of rotatable bonds is 7. The maximum atomic E-state index is 13.6. The highest BCUT2D eigenvalue weighted by Crippen LogP contribution is 2.08. The quantitative estimate of drug-likeness (QED) is 0.687. The van der Waals surface area contributed by atoms with Gasteiger partial charge < -0.3 is 10.6 Å². The molecule has 2 heterocycles. The Morgan fingerprint density at radius 3 is 2.80 bits per heavy atom. The van der Waals surface area contributed by atoms with Crippen molar-refractivity contribution in [2.24, 2.45) is 0 Å². The van der Waals surface area contributed by atoms with Crippen molar-refractivity contribution in [2.75, 3.05) is 18.4 Å². The number of benzene rings is 1. The molecule has 0 aliphatic rings. The number of nitrogens with zero attached hydrogens (tertiary/aromatic N) is 4. The molecule has 0 spiro atoms. The van der Waals surface area contributed by atoms with Gasteiger partial charge in [0.1, 0.15) is 11.6 Å². The zero-order valence-electron chi connectivity index (χ0n) is 13.9. The fraction of sp³-hybridized carbons (Fsp3) is 0.294. The number of hydrogen-bond donors (Lipinski definition) is 2. The van der Waals surface area contributed by atoms with Crippen molar-refractivity contribution >= 4 is 17.4 Å². The Morgan fingerprint density at radius 1 is 1.16 bits per heavy atom. The predicted molar refractivity (Wildman–Crippen MR) is 92.0 cm³/mol.